The van der Waals surface area contributed by atoms with Crippen molar-refractivity contribution in [2.24, 2.45) is 7.05 Å². The number of rotatable bonds is 7. The second-order valence-electron chi connectivity index (χ2n) is 7.03. The molecule has 3 aromatic rings. The van der Waals surface area contributed by atoms with E-state index in [4.69, 9.17) is 0 Å². The Morgan fingerprint density at radius 1 is 1.08 bits per heavy atom. The highest BCUT2D eigenvalue weighted by Gasteiger charge is 2.22. The Kier molecular flexibility index (Phi) is 5.74. The summed E-state index contributed by atoms with van der Waals surface area (Å²) in [5.41, 5.74) is 3.57. The highest BCUT2D eigenvalue weighted by Crippen LogP contribution is 2.34. The van der Waals surface area contributed by atoms with Gasteiger partial charge in [-0.1, -0.05) is 48.5 Å². The van der Waals surface area contributed by atoms with Crippen molar-refractivity contribution < 1.29 is 4.79 Å². The zero-order valence-electron chi connectivity index (χ0n) is 15.8. The van der Waals surface area contributed by atoms with Gasteiger partial charge in [0.1, 0.15) is 0 Å². The van der Waals surface area contributed by atoms with Crippen molar-refractivity contribution in [1.29, 1.82) is 0 Å². The minimum Gasteiger partial charge on any atom is -0.355 e. The number of aryl methyl sites for hydroxylation is 1. The number of likely N-dealkylation sites (N-methyl/N-ethyl adjacent to an activating group) is 1. The first-order chi connectivity index (χ1) is 12.6. The van der Waals surface area contributed by atoms with Crippen molar-refractivity contribution in [3.8, 4) is 0 Å². The first-order valence-electron chi connectivity index (χ1n) is 9.06. The first-order valence-corrected chi connectivity index (χ1v) is 9.06. The number of amides is 1. The Labute approximate surface area is 155 Å². The van der Waals surface area contributed by atoms with E-state index in [0.717, 1.165) is 6.54 Å². The second kappa shape index (κ2) is 8.19. The van der Waals surface area contributed by atoms with Crippen LogP contribution < -0.4 is 5.32 Å². The summed E-state index contributed by atoms with van der Waals surface area (Å²) in [5, 5.41) is 4.26. The van der Waals surface area contributed by atoms with Gasteiger partial charge in [-0.15, -0.1) is 0 Å². The topological polar surface area (TPSA) is 37.3 Å². The molecule has 1 unspecified atom stereocenters. The molecule has 1 heterocycles. The van der Waals surface area contributed by atoms with Gasteiger partial charge < -0.3 is 14.8 Å². The molecule has 0 saturated carbocycles. The number of nitrogens with one attached hydrogen (secondary N) is 1. The predicted octanol–water partition coefficient (Wildman–Crippen LogP) is 3.38. The quantitative estimate of drug-likeness (QED) is 0.710. The number of hydrogen-bond donors (Lipinski definition) is 1. The van der Waals surface area contributed by atoms with E-state index in [1.165, 1.54) is 22.0 Å². The average Bonchev–Trinajstić information content (AvgIpc) is 2.97. The van der Waals surface area contributed by atoms with E-state index in [9.17, 15) is 4.79 Å². The summed E-state index contributed by atoms with van der Waals surface area (Å²) in [6.07, 6.45) is 2.61. The molecule has 0 bridgehead atoms. The largest absolute Gasteiger partial charge is 0.355 e. The standard InChI is InChI=1S/C22H27N3O/c1-24(2)14-13-23-22(26)15-19(17-9-5-4-6-10-17)20-16-25(3)21-12-8-7-11-18(20)21/h4-12,16,19H,13-15H2,1-3H3,(H,23,26). The molecule has 4 nitrogen and oxygen atoms in total. The molecule has 1 N–H and O–H groups in total. The summed E-state index contributed by atoms with van der Waals surface area (Å²) in [6, 6.07) is 18.7. The predicted molar refractivity (Wildman–Crippen MR) is 107 cm³/mol. The van der Waals surface area contributed by atoms with Gasteiger partial charge in [0.2, 0.25) is 5.91 Å². The molecule has 26 heavy (non-hydrogen) atoms. The van der Waals surface area contributed by atoms with Gasteiger partial charge in [-0.05, 0) is 31.3 Å². The van der Waals surface area contributed by atoms with Crippen molar-refractivity contribution in [2.45, 2.75) is 12.3 Å². The minimum atomic E-state index is 0.0432. The van der Waals surface area contributed by atoms with Crippen LogP contribution in [0.4, 0.5) is 0 Å². The summed E-state index contributed by atoms with van der Waals surface area (Å²) >= 11 is 0. The van der Waals surface area contributed by atoms with E-state index in [2.05, 4.69) is 64.4 Å². The van der Waals surface area contributed by atoms with Crippen LogP contribution in [0.15, 0.2) is 60.8 Å². The Bertz CT molecular complexity index is 867. The highest BCUT2D eigenvalue weighted by atomic mass is 16.1. The number of carbonyl (C=O) groups is 1. The zero-order valence-corrected chi connectivity index (χ0v) is 15.8. The minimum absolute atomic E-state index is 0.0432. The lowest BCUT2D eigenvalue weighted by Crippen LogP contribution is -2.32. The molecule has 1 aromatic heterocycles. The maximum Gasteiger partial charge on any atom is 0.220 e. The number of fused-ring (bicyclic) bond motifs is 1. The van der Waals surface area contributed by atoms with Gasteiger partial charge in [-0.25, -0.2) is 0 Å². The molecule has 0 spiro atoms. The van der Waals surface area contributed by atoms with Gasteiger partial charge in [0, 0.05) is 49.6 Å². The summed E-state index contributed by atoms with van der Waals surface area (Å²) in [6.45, 7) is 1.51. The summed E-state index contributed by atoms with van der Waals surface area (Å²) in [4.78, 5) is 14.7. The molecular formula is C22H27N3O. The van der Waals surface area contributed by atoms with Crippen LogP contribution >= 0.6 is 0 Å². The molecule has 4 heteroatoms. The van der Waals surface area contributed by atoms with Crippen LogP contribution in [-0.4, -0.2) is 42.6 Å². The fourth-order valence-corrected chi connectivity index (χ4v) is 3.42. The lowest BCUT2D eigenvalue weighted by Gasteiger charge is -2.18. The molecule has 136 valence electrons. The molecule has 1 atom stereocenters. The molecular weight excluding hydrogens is 322 g/mol. The third kappa shape index (κ3) is 4.14. The summed E-state index contributed by atoms with van der Waals surface area (Å²) in [7, 11) is 6.08. The van der Waals surface area contributed by atoms with Crippen LogP contribution in [0.5, 0.6) is 0 Å². The third-order valence-electron chi connectivity index (χ3n) is 4.78. The van der Waals surface area contributed by atoms with Crippen LogP contribution in [0.3, 0.4) is 0 Å². The molecule has 0 radical (unpaired) electrons. The van der Waals surface area contributed by atoms with E-state index >= 15 is 0 Å². The number of aromatic nitrogens is 1. The van der Waals surface area contributed by atoms with Crippen molar-refractivity contribution in [2.75, 3.05) is 27.2 Å². The number of benzene rings is 2. The molecule has 1 amide bonds. The number of para-hydroxylation sites is 1. The molecule has 0 fully saturated rings. The monoisotopic (exact) mass is 349 g/mol. The van der Waals surface area contributed by atoms with E-state index in [1.807, 2.05) is 32.3 Å². The third-order valence-corrected chi connectivity index (χ3v) is 4.78. The summed E-state index contributed by atoms with van der Waals surface area (Å²) < 4.78 is 2.14. The van der Waals surface area contributed by atoms with E-state index in [-0.39, 0.29) is 11.8 Å². The van der Waals surface area contributed by atoms with Crippen LogP contribution in [0.25, 0.3) is 10.9 Å². The van der Waals surface area contributed by atoms with E-state index < -0.39 is 0 Å². The lowest BCUT2D eigenvalue weighted by molar-refractivity contribution is -0.121. The lowest BCUT2D eigenvalue weighted by atomic mass is 9.88. The summed E-state index contributed by atoms with van der Waals surface area (Å²) in [5.74, 6) is 0.135. The molecule has 0 aliphatic heterocycles. The SMILES string of the molecule is CN(C)CCNC(=O)CC(c1ccccc1)c1cn(C)c2ccccc12. The average molecular weight is 349 g/mol. The molecule has 3 rings (SSSR count). The van der Waals surface area contributed by atoms with Crippen LogP contribution in [0.1, 0.15) is 23.5 Å². The Balaban J connectivity index is 1.90. The highest BCUT2D eigenvalue weighted by molar-refractivity contribution is 5.86. The van der Waals surface area contributed by atoms with Gasteiger partial charge in [0.05, 0.1) is 0 Å². The van der Waals surface area contributed by atoms with Gasteiger partial charge in [-0.2, -0.15) is 0 Å². The number of nitrogens with zero attached hydrogens (tertiary/aromatic N) is 2. The van der Waals surface area contributed by atoms with Gasteiger partial charge in [0.25, 0.3) is 0 Å². The maximum absolute atomic E-state index is 12.6. The fourth-order valence-electron chi connectivity index (χ4n) is 3.42. The Morgan fingerprint density at radius 3 is 2.50 bits per heavy atom. The normalized spacial score (nSPS) is 12.5. The number of carbonyl (C=O) groups excluding carboxylic acids is 1. The second-order valence-corrected chi connectivity index (χ2v) is 7.03. The number of hydrogen-bond acceptors (Lipinski definition) is 2. The fraction of sp³-hybridized carbons (Fsp3) is 0.318. The van der Waals surface area contributed by atoms with E-state index in [1.54, 1.807) is 0 Å². The van der Waals surface area contributed by atoms with Crippen molar-refractivity contribution in [1.82, 2.24) is 14.8 Å². The first kappa shape index (κ1) is 18.2. The van der Waals surface area contributed by atoms with Gasteiger partial charge >= 0.3 is 0 Å². The van der Waals surface area contributed by atoms with Crippen molar-refractivity contribution >= 4 is 16.8 Å². The smallest absolute Gasteiger partial charge is 0.220 e. The molecule has 0 aliphatic rings. The van der Waals surface area contributed by atoms with Crippen molar-refractivity contribution in [3.05, 3.63) is 71.9 Å². The molecule has 0 saturated heterocycles. The van der Waals surface area contributed by atoms with Crippen LogP contribution in [0, 0.1) is 0 Å². The van der Waals surface area contributed by atoms with E-state index in [0.29, 0.717) is 13.0 Å². The zero-order chi connectivity index (χ0) is 18.5. The van der Waals surface area contributed by atoms with Gasteiger partial charge in [0.15, 0.2) is 0 Å². The molecule has 2 aromatic carbocycles. The Hall–Kier alpha value is -2.59. The van der Waals surface area contributed by atoms with Gasteiger partial charge in [-0.3, -0.25) is 4.79 Å². The molecule has 0 aliphatic carbocycles. The van der Waals surface area contributed by atoms with Crippen molar-refractivity contribution in [3.63, 3.8) is 0 Å². The van der Waals surface area contributed by atoms with Crippen LogP contribution in [0.2, 0.25) is 0 Å². The Morgan fingerprint density at radius 2 is 1.77 bits per heavy atom. The maximum atomic E-state index is 12.6. The van der Waals surface area contributed by atoms with Crippen LogP contribution in [-0.2, 0) is 11.8 Å².